The summed E-state index contributed by atoms with van der Waals surface area (Å²) in [5.74, 6) is -0.597. The van der Waals surface area contributed by atoms with Gasteiger partial charge in [0.15, 0.2) is 5.75 Å². The van der Waals surface area contributed by atoms with Crippen LogP contribution in [0.2, 0.25) is 0 Å². The Morgan fingerprint density at radius 3 is 1.94 bits per heavy atom. The third-order valence-corrected chi connectivity index (χ3v) is 10.6. The zero-order chi connectivity index (χ0) is 37.0. The minimum atomic E-state index is -5.06. The van der Waals surface area contributed by atoms with Crippen LogP contribution in [0.1, 0.15) is 0 Å². The molecule has 0 aliphatic rings. The van der Waals surface area contributed by atoms with Crippen molar-refractivity contribution < 1.29 is 59.2 Å². The first-order valence-electron chi connectivity index (χ1n) is 14.0. The Morgan fingerprint density at radius 2 is 1.40 bits per heavy atom. The summed E-state index contributed by atoms with van der Waals surface area (Å²) in [6.07, 6.45) is 0. The number of hydrazine groups is 1. The highest BCUT2D eigenvalue weighted by molar-refractivity contribution is 7.89. The van der Waals surface area contributed by atoms with Gasteiger partial charge in [-0.3, -0.25) is 20.0 Å². The van der Waals surface area contributed by atoms with Crippen molar-refractivity contribution in [2.75, 3.05) is 57.1 Å². The molecule has 0 heterocycles. The molecule has 0 radical (unpaired) electrons. The highest BCUT2D eigenvalue weighted by Crippen LogP contribution is 2.43. The number of phenols is 1. The summed E-state index contributed by atoms with van der Waals surface area (Å²) in [5, 5.41) is 37.2. The van der Waals surface area contributed by atoms with Crippen LogP contribution in [-0.2, 0) is 30.3 Å². The molecule has 22 heteroatoms. The van der Waals surface area contributed by atoms with Crippen molar-refractivity contribution in [2.24, 2.45) is 10.2 Å². The molecule has 0 atom stereocenters. The average Bonchev–Trinajstić information content (AvgIpc) is 3.05. The molecule has 0 spiro atoms. The molecule has 0 fully saturated rings. The second-order valence-corrected chi connectivity index (χ2v) is 14.9. The molecular formula is C28H32N6O13S3. The van der Waals surface area contributed by atoms with Crippen LogP contribution in [0.25, 0.3) is 10.8 Å². The van der Waals surface area contributed by atoms with Crippen LogP contribution >= 0.6 is 0 Å². The van der Waals surface area contributed by atoms with Gasteiger partial charge in [-0.2, -0.15) is 26.3 Å². The molecule has 0 bridgehead atoms. The summed E-state index contributed by atoms with van der Waals surface area (Å²) < 4.78 is 105. The van der Waals surface area contributed by atoms with Crippen LogP contribution in [0.15, 0.2) is 79.5 Å². The predicted molar refractivity (Wildman–Crippen MR) is 180 cm³/mol. The lowest BCUT2D eigenvalue weighted by molar-refractivity contribution is 0.217. The van der Waals surface area contributed by atoms with Crippen molar-refractivity contribution in [2.45, 2.75) is 14.7 Å². The van der Waals surface area contributed by atoms with E-state index in [4.69, 9.17) is 15.2 Å². The van der Waals surface area contributed by atoms with Gasteiger partial charge < -0.3 is 30.5 Å². The van der Waals surface area contributed by atoms with Gasteiger partial charge in [0.2, 0.25) is 10.0 Å². The number of hydrogen-bond acceptors (Lipinski definition) is 16. The van der Waals surface area contributed by atoms with Gasteiger partial charge in [0, 0.05) is 36.3 Å². The Kier molecular flexibility index (Phi) is 11.4. The molecule has 0 aliphatic carbocycles. The number of aliphatic hydroxyl groups excluding tert-OH is 2. The van der Waals surface area contributed by atoms with E-state index in [1.165, 1.54) is 50.6 Å². The van der Waals surface area contributed by atoms with Gasteiger partial charge in [-0.1, -0.05) is 0 Å². The maximum atomic E-state index is 12.9. The van der Waals surface area contributed by atoms with Gasteiger partial charge >= 0.3 is 0 Å². The molecule has 4 rings (SSSR count). The van der Waals surface area contributed by atoms with E-state index < -0.39 is 64.7 Å². The van der Waals surface area contributed by atoms with Crippen LogP contribution in [-0.4, -0.2) is 94.5 Å². The second kappa shape index (κ2) is 15.0. The highest BCUT2D eigenvalue weighted by atomic mass is 32.2. The molecule has 4 aromatic carbocycles. The fourth-order valence-electron chi connectivity index (χ4n) is 4.68. The lowest BCUT2D eigenvalue weighted by Crippen LogP contribution is -2.35. The second-order valence-electron chi connectivity index (χ2n) is 10.2. The summed E-state index contributed by atoms with van der Waals surface area (Å²) in [7, 11) is -11.2. The summed E-state index contributed by atoms with van der Waals surface area (Å²) in [6.45, 7) is -1.27. The molecule has 4 aromatic rings. The van der Waals surface area contributed by atoms with Crippen LogP contribution in [0.4, 0.5) is 28.4 Å². The Bertz CT molecular complexity index is 2260. The Balaban J connectivity index is 1.66. The lowest BCUT2D eigenvalue weighted by atomic mass is 10.1. The van der Waals surface area contributed by atoms with Crippen LogP contribution in [0, 0.1) is 0 Å². The minimum absolute atomic E-state index is 0.0903. The molecule has 0 amide bonds. The number of nitrogen functional groups attached to an aromatic ring is 1. The van der Waals surface area contributed by atoms with Gasteiger partial charge in [0.25, 0.3) is 20.2 Å². The Morgan fingerprint density at radius 1 is 0.780 bits per heavy atom. The number of nitrogens with zero attached hydrogens (tertiary/aromatic N) is 3. The molecule has 0 saturated carbocycles. The number of sulfonamides is 1. The van der Waals surface area contributed by atoms with Crippen LogP contribution in [0.3, 0.4) is 0 Å². The summed E-state index contributed by atoms with van der Waals surface area (Å²) in [4.78, 5) is -1.66. The maximum Gasteiger partial charge on any atom is 0.296 e. The zero-order valence-electron chi connectivity index (χ0n) is 26.2. The van der Waals surface area contributed by atoms with Crippen molar-refractivity contribution in [1.82, 2.24) is 4.31 Å². The molecule has 50 heavy (non-hydrogen) atoms. The van der Waals surface area contributed by atoms with Gasteiger partial charge in [0.1, 0.15) is 27.8 Å². The number of fused-ring (bicyclic) bond motifs is 1. The SMILES string of the molecule is COc1cc(NNc2c(S(=O)(=O)O)cc3cc(S(=O)(=O)O)cc(N)c3c2O)c(OC)cc1/N=N/c1ccc(S(=O)(=O)N(CCO)CCO)cc1. The normalized spacial score (nSPS) is 12.5. The van der Waals surface area contributed by atoms with E-state index in [-0.39, 0.29) is 63.0 Å². The van der Waals surface area contributed by atoms with Gasteiger partial charge in [-0.05, 0) is 47.9 Å². The highest BCUT2D eigenvalue weighted by Gasteiger charge is 2.26. The maximum absolute atomic E-state index is 12.9. The molecule has 9 N–H and O–H groups in total. The summed E-state index contributed by atoms with van der Waals surface area (Å²) in [6, 6.07) is 10.6. The minimum Gasteiger partial charge on any atom is -0.505 e. The molecule has 270 valence electrons. The summed E-state index contributed by atoms with van der Waals surface area (Å²) in [5.41, 5.74) is 10.6. The van der Waals surface area contributed by atoms with E-state index in [2.05, 4.69) is 21.1 Å². The van der Waals surface area contributed by atoms with Gasteiger partial charge in [-0.25, -0.2) is 8.42 Å². The molecule has 0 unspecified atom stereocenters. The number of rotatable bonds is 15. The molecule has 0 aliphatic heterocycles. The predicted octanol–water partition coefficient (Wildman–Crippen LogP) is 2.47. The number of hydrogen-bond donors (Lipinski definition) is 8. The molecular weight excluding hydrogens is 725 g/mol. The average molecular weight is 757 g/mol. The van der Waals surface area contributed by atoms with Crippen molar-refractivity contribution >= 4 is 69.5 Å². The molecule has 0 saturated heterocycles. The van der Waals surface area contributed by atoms with E-state index in [1.807, 2.05) is 0 Å². The molecule has 19 nitrogen and oxygen atoms in total. The Labute approximate surface area is 286 Å². The van der Waals surface area contributed by atoms with Gasteiger partial charge in [-0.15, -0.1) is 5.11 Å². The first kappa shape index (κ1) is 38.0. The number of nitrogens with two attached hydrogens (primary N) is 1. The number of azo groups is 1. The fourth-order valence-corrected chi connectivity index (χ4v) is 7.34. The van der Waals surface area contributed by atoms with Crippen LogP contribution < -0.4 is 26.1 Å². The van der Waals surface area contributed by atoms with E-state index in [0.717, 1.165) is 22.5 Å². The summed E-state index contributed by atoms with van der Waals surface area (Å²) >= 11 is 0. The van der Waals surface area contributed by atoms with E-state index in [0.29, 0.717) is 0 Å². The van der Waals surface area contributed by atoms with Gasteiger partial charge in [0.05, 0.1) is 48.6 Å². The third kappa shape index (κ3) is 8.14. The number of anilines is 3. The zero-order valence-corrected chi connectivity index (χ0v) is 28.6. The standard InChI is InChI=1S/C28H32N6O13S3/c1-46-23-15-22(32-33-27-25(50(43,44)45)12-16-11-19(49(40,41)42)13-20(29)26(16)28(27)37)24(47-2)14-21(23)31-30-17-3-5-18(6-4-17)48(38,39)34(7-9-35)8-10-36/h3-6,11-15,32-33,35-37H,7-10,29H2,1-2H3,(H,40,41,42)(H,43,44,45)/b31-30+. The first-order valence-corrected chi connectivity index (χ1v) is 18.3. The first-order chi connectivity index (χ1) is 23.5. The third-order valence-electron chi connectivity index (χ3n) is 7.02. The number of nitrogens with one attached hydrogen (secondary N) is 2. The number of phenolic OH excluding ortho intramolecular Hbond substituents is 1. The lowest BCUT2D eigenvalue weighted by Gasteiger charge is -2.20. The number of ether oxygens (including phenoxy) is 2. The fraction of sp³-hybridized carbons (Fsp3) is 0.214. The number of benzene rings is 4. The quantitative estimate of drug-likeness (QED) is 0.0284. The van der Waals surface area contributed by atoms with Crippen molar-refractivity contribution in [3.63, 3.8) is 0 Å². The van der Waals surface area contributed by atoms with Crippen LogP contribution in [0.5, 0.6) is 17.2 Å². The number of aromatic hydroxyl groups is 1. The molecule has 0 aromatic heterocycles. The Hall–Kier alpha value is -4.81. The smallest absolute Gasteiger partial charge is 0.296 e. The van der Waals surface area contributed by atoms with Crippen molar-refractivity contribution in [3.05, 3.63) is 54.6 Å². The van der Waals surface area contributed by atoms with E-state index in [9.17, 15) is 49.7 Å². The largest absolute Gasteiger partial charge is 0.505 e. The topological polar surface area (TPSA) is 300 Å². The van der Waals surface area contributed by atoms with Crippen molar-refractivity contribution in [1.29, 1.82) is 0 Å². The number of methoxy groups -OCH3 is 2. The van der Waals surface area contributed by atoms with E-state index in [1.54, 1.807) is 0 Å². The monoisotopic (exact) mass is 756 g/mol. The van der Waals surface area contributed by atoms with Crippen molar-refractivity contribution in [3.8, 4) is 17.2 Å². The number of aliphatic hydroxyl groups is 2. The van der Waals surface area contributed by atoms with E-state index >= 15 is 0 Å².